The third-order valence-corrected chi connectivity index (χ3v) is 6.79. The van der Waals surface area contributed by atoms with Crippen LogP contribution in [0.1, 0.15) is 36.5 Å². The minimum absolute atomic E-state index is 0.107. The largest absolute Gasteiger partial charge is 0.453 e. The molecule has 154 valence electrons. The number of carbonyl (C=O) groups is 2. The van der Waals surface area contributed by atoms with Gasteiger partial charge in [0.15, 0.2) is 6.10 Å². The van der Waals surface area contributed by atoms with Crippen LogP contribution in [-0.4, -0.2) is 43.2 Å². The van der Waals surface area contributed by atoms with Crippen LogP contribution in [0.15, 0.2) is 59.5 Å². The molecule has 0 radical (unpaired) electrons. The number of halogens is 1. The molecule has 1 saturated heterocycles. The van der Waals surface area contributed by atoms with Crippen molar-refractivity contribution in [3.05, 3.63) is 66.0 Å². The molecule has 2 unspecified atom stereocenters. The molecule has 0 bridgehead atoms. The van der Waals surface area contributed by atoms with E-state index in [9.17, 15) is 22.4 Å². The molecular formula is C21H22FNO5S. The molecule has 0 aliphatic carbocycles. The summed E-state index contributed by atoms with van der Waals surface area (Å²) in [5, 5.41) is 0. The number of ether oxygens (including phenoxy) is 1. The van der Waals surface area contributed by atoms with Crippen LogP contribution in [-0.2, 0) is 19.6 Å². The second-order valence-electron chi connectivity index (χ2n) is 6.89. The van der Waals surface area contributed by atoms with E-state index in [1.165, 1.54) is 31.2 Å². The van der Waals surface area contributed by atoms with Gasteiger partial charge in [-0.1, -0.05) is 18.2 Å². The number of carbonyl (C=O) groups excluding carboxylic acids is 2. The van der Waals surface area contributed by atoms with Gasteiger partial charge in [0.1, 0.15) is 11.9 Å². The molecule has 1 aliphatic heterocycles. The van der Waals surface area contributed by atoms with E-state index < -0.39 is 39.7 Å². The van der Waals surface area contributed by atoms with Crippen LogP contribution in [0, 0.1) is 5.82 Å². The molecule has 3 rings (SSSR count). The van der Waals surface area contributed by atoms with Crippen molar-refractivity contribution in [1.82, 2.24) is 4.31 Å². The summed E-state index contributed by atoms with van der Waals surface area (Å²) in [5.41, 5.74) is 0.212. The lowest BCUT2D eigenvalue weighted by molar-refractivity contribution is -0.151. The van der Waals surface area contributed by atoms with E-state index in [1.807, 2.05) is 0 Å². The van der Waals surface area contributed by atoms with Gasteiger partial charge in [-0.2, -0.15) is 4.31 Å². The number of esters is 1. The number of hydrogen-bond donors (Lipinski definition) is 0. The third-order valence-electron chi connectivity index (χ3n) is 4.87. The molecule has 8 heteroatoms. The molecule has 2 atom stereocenters. The average molecular weight is 419 g/mol. The van der Waals surface area contributed by atoms with Gasteiger partial charge in [0.25, 0.3) is 0 Å². The first-order valence-electron chi connectivity index (χ1n) is 9.38. The number of piperidine rings is 1. The van der Waals surface area contributed by atoms with E-state index >= 15 is 0 Å². The van der Waals surface area contributed by atoms with E-state index in [0.29, 0.717) is 19.3 Å². The number of sulfonamides is 1. The van der Waals surface area contributed by atoms with Crippen LogP contribution < -0.4 is 0 Å². The first-order chi connectivity index (χ1) is 13.8. The summed E-state index contributed by atoms with van der Waals surface area (Å²) >= 11 is 0. The fourth-order valence-electron chi connectivity index (χ4n) is 3.31. The Bertz CT molecular complexity index is 976. The first-order valence-corrected chi connectivity index (χ1v) is 10.8. The van der Waals surface area contributed by atoms with Crippen molar-refractivity contribution in [2.45, 2.75) is 43.2 Å². The summed E-state index contributed by atoms with van der Waals surface area (Å²) < 4.78 is 45.5. The second kappa shape index (κ2) is 8.84. The van der Waals surface area contributed by atoms with Gasteiger partial charge in [-0.05, 0) is 62.6 Å². The van der Waals surface area contributed by atoms with Crippen LogP contribution in [0.4, 0.5) is 4.39 Å². The van der Waals surface area contributed by atoms with Gasteiger partial charge in [-0.3, -0.25) is 9.59 Å². The molecule has 1 aliphatic rings. The molecule has 0 spiro atoms. The van der Waals surface area contributed by atoms with Crippen LogP contribution in [0.3, 0.4) is 0 Å². The van der Waals surface area contributed by atoms with Crippen molar-refractivity contribution >= 4 is 21.8 Å². The SMILES string of the molecule is CC(OC(=O)C1CCCCN1S(=O)(=O)c1ccccc1)C(=O)c1ccc(F)cc1. The number of Topliss-reactive ketones (excluding diaryl/α,β-unsaturated/α-hetero) is 1. The van der Waals surface area contributed by atoms with Gasteiger partial charge >= 0.3 is 5.97 Å². The van der Waals surface area contributed by atoms with Crippen molar-refractivity contribution in [3.8, 4) is 0 Å². The highest BCUT2D eigenvalue weighted by atomic mass is 32.2. The van der Waals surface area contributed by atoms with E-state index in [-0.39, 0.29) is 17.0 Å². The molecule has 1 heterocycles. The Morgan fingerprint density at radius 1 is 1.07 bits per heavy atom. The van der Waals surface area contributed by atoms with Gasteiger partial charge in [0.05, 0.1) is 4.90 Å². The molecular weight excluding hydrogens is 397 g/mol. The number of hydrogen-bond acceptors (Lipinski definition) is 5. The molecule has 2 aromatic rings. The van der Waals surface area contributed by atoms with Crippen LogP contribution >= 0.6 is 0 Å². The Morgan fingerprint density at radius 2 is 1.72 bits per heavy atom. The zero-order valence-electron chi connectivity index (χ0n) is 16.0. The monoisotopic (exact) mass is 419 g/mol. The zero-order chi connectivity index (χ0) is 21.0. The standard InChI is InChI=1S/C21H22FNO5S/c1-15(20(24)16-10-12-17(22)13-11-16)28-21(25)19-9-5-6-14-23(19)29(26,27)18-7-3-2-4-8-18/h2-4,7-8,10-13,15,19H,5-6,9,14H2,1H3. The van der Waals surface area contributed by atoms with Crippen LogP contribution in [0.2, 0.25) is 0 Å². The summed E-state index contributed by atoms with van der Waals surface area (Å²) in [6.07, 6.45) is 0.527. The van der Waals surface area contributed by atoms with E-state index in [0.717, 1.165) is 16.4 Å². The minimum atomic E-state index is -3.86. The quantitative estimate of drug-likeness (QED) is 0.531. The van der Waals surface area contributed by atoms with Crippen molar-refractivity contribution < 1.29 is 27.1 Å². The Hall–Kier alpha value is -2.58. The van der Waals surface area contributed by atoms with Gasteiger partial charge in [-0.15, -0.1) is 0 Å². The number of ketones is 1. The van der Waals surface area contributed by atoms with Crippen molar-refractivity contribution in [1.29, 1.82) is 0 Å². The Balaban J connectivity index is 1.76. The third kappa shape index (κ3) is 4.71. The number of nitrogens with zero attached hydrogens (tertiary/aromatic N) is 1. The van der Waals surface area contributed by atoms with E-state index in [2.05, 4.69) is 0 Å². The molecule has 1 fully saturated rings. The Morgan fingerprint density at radius 3 is 2.38 bits per heavy atom. The summed E-state index contributed by atoms with van der Waals surface area (Å²) in [6, 6.07) is 11.8. The maximum atomic E-state index is 13.0. The molecule has 0 aromatic heterocycles. The minimum Gasteiger partial charge on any atom is -0.453 e. The summed E-state index contributed by atoms with van der Waals surface area (Å²) in [6.45, 7) is 1.62. The fourth-order valence-corrected chi connectivity index (χ4v) is 4.98. The topological polar surface area (TPSA) is 80.8 Å². The molecule has 6 nitrogen and oxygen atoms in total. The molecule has 0 amide bonds. The lowest BCUT2D eigenvalue weighted by Gasteiger charge is -2.33. The van der Waals surface area contributed by atoms with E-state index in [4.69, 9.17) is 4.74 Å². The first kappa shape index (κ1) is 21.1. The lowest BCUT2D eigenvalue weighted by Crippen LogP contribution is -2.49. The molecule has 0 N–H and O–H groups in total. The van der Waals surface area contributed by atoms with Crippen molar-refractivity contribution in [3.63, 3.8) is 0 Å². The number of benzene rings is 2. The summed E-state index contributed by atoms with van der Waals surface area (Å²) in [5.74, 6) is -1.71. The average Bonchev–Trinajstić information content (AvgIpc) is 2.74. The Labute approximate surface area is 169 Å². The van der Waals surface area contributed by atoms with Gasteiger partial charge < -0.3 is 4.74 Å². The van der Waals surface area contributed by atoms with Gasteiger partial charge in [0, 0.05) is 12.1 Å². The molecule has 29 heavy (non-hydrogen) atoms. The predicted octanol–water partition coefficient (Wildman–Crippen LogP) is 3.18. The van der Waals surface area contributed by atoms with Gasteiger partial charge in [0.2, 0.25) is 15.8 Å². The predicted molar refractivity (Wildman–Crippen MR) is 104 cm³/mol. The smallest absolute Gasteiger partial charge is 0.325 e. The van der Waals surface area contributed by atoms with Crippen molar-refractivity contribution in [2.24, 2.45) is 0 Å². The Kier molecular flexibility index (Phi) is 6.44. The van der Waals surface area contributed by atoms with Crippen LogP contribution in [0.5, 0.6) is 0 Å². The highest BCUT2D eigenvalue weighted by Crippen LogP contribution is 2.26. The zero-order valence-corrected chi connectivity index (χ0v) is 16.8. The molecule has 2 aromatic carbocycles. The summed E-state index contributed by atoms with van der Waals surface area (Å²) in [4.78, 5) is 25.3. The normalized spacial score (nSPS) is 18.8. The maximum absolute atomic E-state index is 13.0. The number of rotatable bonds is 6. The maximum Gasteiger partial charge on any atom is 0.325 e. The lowest BCUT2D eigenvalue weighted by atomic mass is 10.0. The second-order valence-corrected chi connectivity index (χ2v) is 8.78. The van der Waals surface area contributed by atoms with Crippen LogP contribution in [0.25, 0.3) is 0 Å². The summed E-state index contributed by atoms with van der Waals surface area (Å²) in [7, 11) is -3.86. The highest BCUT2D eigenvalue weighted by Gasteiger charge is 2.39. The molecule has 0 saturated carbocycles. The highest BCUT2D eigenvalue weighted by molar-refractivity contribution is 7.89. The van der Waals surface area contributed by atoms with Gasteiger partial charge in [-0.25, -0.2) is 12.8 Å². The van der Waals surface area contributed by atoms with E-state index in [1.54, 1.807) is 18.2 Å². The van der Waals surface area contributed by atoms with Crippen molar-refractivity contribution in [2.75, 3.05) is 6.54 Å². The fraction of sp³-hybridized carbons (Fsp3) is 0.333.